The van der Waals surface area contributed by atoms with Gasteiger partial charge in [0.1, 0.15) is 5.75 Å². The Morgan fingerprint density at radius 2 is 1.82 bits per heavy atom. The zero-order chi connectivity index (χ0) is 15.3. The maximum absolute atomic E-state index is 12.0. The molecule has 0 aromatic rings. The highest BCUT2D eigenvalue weighted by Crippen LogP contribution is 2.23. The molecule has 8 heteroatoms. The van der Waals surface area contributed by atoms with E-state index >= 15 is 0 Å². The highest BCUT2D eigenvalue weighted by Gasteiger charge is 2.25. The summed E-state index contributed by atoms with van der Waals surface area (Å²) in [7, 11) is -3.53. The van der Waals surface area contributed by atoms with Crippen LogP contribution < -0.4 is 15.4 Å². The Labute approximate surface area is 139 Å². The normalized spacial score (nSPS) is 29.4. The summed E-state index contributed by atoms with van der Waals surface area (Å²) in [5, 5.41) is 5.99. The van der Waals surface area contributed by atoms with Gasteiger partial charge in [-0.1, -0.05) is 6.92 Å². The summed E-state index contributed by atoms with van der Waals surface area (Å²) < 4.78 is 26.8. The Morgan fingerprint density at radius 3 is 2.41 bits per heavy atom. The lowest BCUT2D eigenvalue weighted by molar-refractivity contribution is -0.119. The monoisotopic (exact) mass is 353 g/mol. The number of nitrogens with one attached hydrogen (secondary N) is 3. The molecule has 130 valence electrons. The Kier molecular flexibility index (Phi) is 8.10. The number of carbonyl (C=O) groups is 1. The number of hydrogen-bond acceptors (Lipinski definition) is 4. The lowest BCUT2D eigenvalue weighted by Crippen LogP contribution is -2.49. The van der Waals surface area contributed by atoms with E-state index in [4.69, 9.17) is 0 Å². The van der Waals surface area contributed by atoms with Gasteiger partial charge < -0.3 is 10.6 Å². The van der Waals surface area contributed by atoms with Crippen molar-refractivity contribution >= 4 is 28.3 Å². The molecule has 22 heavy (non-hydrogen) atoms. The Balaban J connectivity index is 0.00000242. The van der Waals surface area contributed by atoms with Gasteiger partial charge in [0.2, 0.25) is 15.9 Å². The maximum Gasteiger partial charge on any atom is 0.236 e. The summed E-state index contributed by atoms with van der Waals surface area (Å²) in [6.07, 6.45) is 5.76. The van der Waals surface area contributed by atoms with E-state index in [2.05, 4.69) is 22.3 Å². The molecule has 1 aliphatic carbocycles. The van der Waals surface area contributed by atoms with Crippen LogP contribution in [0.5, 0.6) is 0 Å². The summed E-state index contributed by atoms with van der Waals surface area (Å²) >= 11 is 0. The van der Waals surface area contributed by atoms with Gasteiger partial charge in [-0.05, 0) is 51.0 Å². The van der Waals surface area contributed by atoms with Gasteiger partial charge in [0.25, 0.3) is 0 Å². The first kappa shape index (κ1) is 19.7. The minimum Gasteiger partial charge on any atom is -0.351 e. The number of carbonyl (C=O) groups excluding carboxylic acids is 1. The fraction of sp³-hybridized carbons (Fsp3) is 0.929. The second-order valence-electron chi connectivity index (χ2n) is 6.44. The molecule has 0 radical (unpaired) electrons. The third-order valence-corrected chi connectivity index (χ3v) is 5.68. The smallest absolute Gasteiger partial charge is 0.236 e. The van der Waals surface area contributed by atoms with Crippen molar-refractivity contribution in [2.24, 2.45) is 5.92 Å². The molecule has 0 aromatic carbocycles. The van der Waals surface area contributed by atoms with Crippen molar-refractivity contribution in [3.63, 3.8) is 0 Å². The molecule has 0 unspecified atom stereocenters. The van der Waals surface area contributed by atoms with Gasteiger partial charge in [-0.15, -0.1) is 12.4 Å². The molecule has 2 fully saturated rings. The first-order valence-electron chi connectivity index (χ1n) is 7.95. The summed E-state index contributed by atoms with van der Waals surface area (Å²) in [5.74, 6) is -0.191. The van der Waals surface area contributed by atoms with Gasteiger partial charge in [-0.25, -0.2) is 13.1 Å². The highest BCUT2D eigenvalue weighted by atomic mass is 35.5. The van der Waals surface area contributed by atoms with E-state index in [-0.39, 0.29) is 24.5 Å². The molecule has 1 heterocycles. The minimum atomic E-state index is -3.53. The van der Waals surface area contributed by atoms with Crippen LogP contribution in [0.25, 0.3) is 0 Å². The van der Waals surface area contributed by atoms with Crippen LogP contribution in [0.3, 0.4) is 0 Å². The van der Waals surface area contributed by atoms with Crippen LogP contribution in [0.2, 0.25) is 0 Å². The van der Waals surface area contributed by atoms with E-state index in [1.165, 1.54) is 0 Å². The van der Waals surface area contributed by atoms with E-state index in [0.717, 1.165) is 51.6 Å². The molecule has 2 aliphatic rings. The lowest BCUT2D eigenvalue weighted by atomic mass is 9.88. The van der Waals surface area contributed by atoms with Crippen molar-refractivity contribution in [3.05, 3.63) is 0 Å². The largest absolute Gasteiger partial charge is 0.351 e. The van der Waals surface area contributed by atoms with Crippen LogP contribution in [-0.2, 0) is 14.8 Å². The van der Waals surface area contributed by atoms with E-state index in [0.29, 0.717) is 5.92 Å². The molecule has 0 spiro atoms. The van der Waals surface area contributed by atoms with Crippen LogP contribution in [0, 0.1) is 5.92 Å². The molecular weight excluding hydrogens is 326 g/mol. The van der Waals surface area contributed by atoms with Crippen molar-refractivity contribution in [1.29, 1.82) is 0 Å². The fourth-order valence-corrected chi connectivity index (χ4v) is 4.35. The summed E-state index contributed by atoms with van der Waals surface area (Å²) in [4.78, 5) is 11.9. The van der Waals surface area contributed by atoms with E-state index in [9.17, 15) is 13.2 Å². The first-order chi connectivity index (χ1) is 9.94. The van der Waals surface area contributed by atoms with Gasteiger partial charge in [0.15, 0.2) is 0 Å². The SMILES string of the molecule is CC1CCC(NS(=O)(=O)CC(=O)N[C@H]2CCCNC2)CC1.Cl. The van der Waals surface area contributed by atoms with E-state index in [1.54, 1.807) is 0 Å². The van der Waals surface area contributed by atoms with Crippen LogP contribution in [0.1, 0.15) is 45.4 Å². The molecule has 0 bridgehead atoms. The number of piperidine rings is 1. The highest BCUT2D eigenvalue weighted by molar-refractivity contribution is 7.90. The minimum absolute atomic E-state index is 0. The van der Waals surface area contributed by atoms with Crippen molar-refractivity contribution in [2.75, 3.05) is 18.8 Å². The van der Waals surface area contributed by atoms with Crippen molar-refractivity contribution in [1.82, 2.24) is 15.4 Å². The Morgan fingerprint density at radius 1 is 1.14 bits per heavy atom. The summed E-state index contributed by atoms with van der Waals surface area (Å²) in [5.41, 5.74) is 0. The number of rotatable bonds is 5. The van der Waals surface area contributed by atoms with Crippen molar-refractivity contribution in [2.45, 2.75) is 57.5 Å². The molecule has 3 N–H and O–H groups in total. The molecule has 1 saturated carbocycles. The zero-order valence-electron chi connectivity index (χ0n) is 13.1. The van der Waals surface area contributed by atoms with Crippen LogP contribution in [0.4, 0.5) is 0 Å². The predicted octanol–water partition coefficient (Wildman–Crippen LogP) is 0.775. The molecular formula is C14H28ClN3O3S. The van der Waals surface area contributed by atoms with E-state index < -0.39 is 21.7 Å². The van der Waals surface area contributed by atoms with Crippen molar-refractivity contribution in [3.8, 4) is 0 Å². The molecule has 2 rings (SSSR count). The number of halogens is 1. The van der Waals surface area contributed by atoms with Gasteiger partial charge in [-0.3, -0.25) is 4.79 Å². The third kappa shape index (κ3) is 6.81. The second-order valence-corrected chi connectivity index (χ2v) is 8.20. The van der Waals surface area contributed by atoms with Crippen LogP contribution in [-0.4, -0.2) is 45.3 Å². The second kappa shape index (κ2) is 9.05. The number of hydrogen-bond donors (Lipinski definition) is 3. The molecule has 0 aromatic heterocycles. The van der Waals surface area contributed by atoms with E-state index in [1.807, 2.05) is 0 Å². The van der Waals surface area contributed by atoms with Gasteiger partial charge in [0.05, 0.1) is 0 Å². The lowest BCUT2D eigenvalue weighted by Gasteiger charge is -2.27. The Hall–Kier alpha value is -0.370. The summed E-state index contributed by atoms with van der Waals surface area (Å²) in [6.45, 7) is 3.88. The topological polar surface area (TPSA) is 87.3 Å². The molecule has 6 nitrogen and oxygen atoms in total. The van der Waals surface area contributed by atoms with Gasteiger partial charge in [0, 0.05) is 18.6 Å². The molecule has 1 saturated heterocycles. The quantitative estimate of drug-likeness (QED) is 0.681. The van der Waals surface area contributed by atoms with Crippen LogP contribution in [0.15, 0.2) is 0 Å². The third-order valence-electron chi connectivity index (χ3n) is 4.35. The van der Waals surface area contributed by atoms with Crippen molar-refractivity contribution < 1.29 is 13.2 Å². The maximum atomic E-state index is 12.0. The van der Waals surface area contributed by atoms with Gasteiger partial charge in [-0.2, -0.15) is 0 Å². The number of amides is 1. The molecule has 1 aliphatic heterocycles. The number of sulfonamides is 1. The average molecular weight is 354 g/mol. The average Bonchev–Trinajstić information content (AvgIpc) is 2.41. The standard InChI is InChI=1S/C14H27N3O3S.ClH/c1-11-4-6-12(7-5-11)17-21(19,20)10-14(18)16-13-3-2-8-15-9-13;/h11-13,15,17H,2-10H2,1H3,(H,16,18);1H/t11?,12?,13-;/m0./s1. The van der Waals surface area contributed by atoms with Gasteiger partial charge >= 0.3 is 0 Å². The Bertz CT molecular complexity index is 444. The first-order valence-corrected chi connectivity index (χ1v) is 9.60. The molecule has 1 atom stereocenters. The summed E-state index contributed by atoms with van der Waals surface area (Å²) in [6, 6.07) is 0.0485. The fourth-order valence-electron chi connectivity index (χ4n) is 3.09. The zero-order valence-corrected chi connectivity index (χ0v) is 14.8. The van der Waals surface area contributed by atoms with Crippen LogP contribution >= 0.6 is 12.4 Å². The molecule has 1 amide bonds. The predicted molar refractivity (Wildman–Crippen MR) is 89.6 cm³/mol.